The third-order valence-electron chi connectivity index (χ3n) is 6.95. The van der Waals surface area contributed by atoms with Crippen LogP contribution >= 0.6 is 0 Å². The molecule has 3 atom stereocenters. The number of carbonyl (C=O) groups is 2. The van der Waals surface area contributed by atoms with Crippen molar-refractivity contribution in [2.45, 2.75) is 136 Å². The van der Waals surface area contributed by atoms with Gasteiger partial charge in [-0.1, -0.05) is 126 Å². The molecule has 0 spiro atoms. The molecule has 0 saturated carbocycles. The number of ether oxygens (including phenoxy) is 2. The molecule has 2 unspecified atom stereocenters. The fraction of sp³-hybridized carbons (Fsp3) is 0.667. The summed E-state index contributed by atoms with van der Waals surface area (Å²) in [6.07, 6.45) is 33.2. The zero-order valence-electron chi connectivity index (χ0n) is 26.8. The molecule has 0 aromatic rings. The van der Waals surface area contributed by atoms with E-state index in [-0.39, 0.29) is 31.6 Å². The lowest BCUT2D eigenvalue weighted by atomic mass is 10.00. The largest absolute Gasteiger partial charge is 0.462 e. The number of allylic oxidation sites excluding steroid dienone is 8. The fourth-order valence-corrected chi connectivity index (χ4v) is 4.06. The van der Waals surface area contributed by atoms with E-state index >= 15 is 0 Å². The van der Waals surface area contributed by atoms with Gasteiger partial charge < -0.3 is 19.7 Å². The van der Waals surface area contributed by atoms with Gasteiger partial charge in [0.1, 0.15) is 6.61 Å². The van der Waals surface area contributed by atoms with Gasteiger partial charge in [0.2, 0.25) is 0 Å². The van der Waals surface area contributed by atoms with Crippen LogP contribution in [0.15, 0.2) is 60.8 Å². The van der Waals surface area contributed by atoms with Gasteiger partial charge in [-0.15, -0.1) is 0 Å². The quantitative estimate of drug-likeness (QED) is 0.0433. The summed E-state index contributed by atoms with van der Waals surface area (Å²) in [5, 5.41) is 19.4. The van der Waals surface area contributed by atoms with E-state index < -0.39 is 12.2 Å². The Morgan fingerprint density at radius 2 is 1.43 bits per heavy atom. The van der Waals surface area contributed by atoms with Gasteiger partial charge in [-0.2, -0.15) is 0 Å². The highest BCUT2D eigenvalue weighted by atomic mass is 16.6. The molecule has 0 aliphatic carbocycles. The monoisotopic (exact) mass is 588 g/mol. The Bertz CT molecular complexity index is 795. The van der Waals surface area contributed by atoms with E-state index in [1.54, 1.807) is 6.08 Å². The topological polar surface area (TPSA) is 93.1 Å². The van der Waals surface area contributed by atoms with Crippen molar-refractivity contribution in [3.8, 4) is 0 Å². The second-order valence-corrected chi connectivity index (χ2v) is 11.0. The van der Waals surface area contributed by atoms with E-state index in [9.17, 15) is 19.8 Å². The van der Waals surface area contributed by atoms with Crippen LogP contribution in [0.25, 0.3) is 0 Å². The molecule has 2 N–H and O–H groups in total. The summed E-state index contributed by atoms with van der Waals surface area (Å²) in [7, 11) is 0. The fourth-order valence-electron chi connectivity index (χ4n) is 4.06. The summed E-state index contributed by atoms with van der Waals surface area (Å²) in [4.78, 5) is 24.0. The number of unbranched alkanes of at least 4 members (excludes halogenated alkanes) is 6. The van der Waals surface area contributed by atoms with Crippen molar-refractivity contribution in [2.24, 2.45) is 5.92 Å². The molecule has 0 heterocycles. The summed E-state index contributed by atoms with van der Waals surface area (Å²) in [5.74, 6) is 0.101. The van der Waals surface area contributed by atoms with E-state index in [2.05, 4.69) is 39.0 Å². The van der Waals surface area contributed by atoms with Crippen molar-refractivity contribution < 1.29 is 29.3 Å². The number of aliphatic hydroxyl groups excluding tert-OH is 2. The van der Waals surface area contributed by atoms with Crippen molar-refractivity contribution in [2.75, 3.05) is 13.2 Å². The Balaban J connectivity index is 3.84. The van der Waals surface area contributed by atoms with Crippen LogP contribution in [-0.4, -0.2) is 47.6 Å². The smallest absolute Gasteiger partial charge is 0.306 e. The van der Waals surface area contributed by atoms with Gasteiger partial charge in [0, 0.05) is 12.8 Å². The Morgan fingerprint density at radius 1 is 0.762 bits per heavy atom. The second-order valence-electron chi connectivity index (χ2n) is 11.0. The highest BCUT2D eigenvalue weighted by Gasteiger charge is 2.16. The number of aliphatic hydroxyl groups is 2. The van der Waals surface area contributed by atoms with Gasteiger partial charge in [-0.25, -0.2) is 0 Å². The summed E-state index contributed by atoms with van der Waals surface area (Å²) >= 11 is 0. The van der Waals surface area contributed by atoms with Crippen molar-refractivity contribution in [1.82, 2.24) is 0 Å². The van der Waals surface area contributed by atoms with Crippen molar-refractivity contribution in [1.29, 1.82) is 0 Å². The maximum atomic E-state index is 12.1. The molecule has 0 fully saturated rings. The maximum absolute atomic E-state index is 12.1. The Labute approximate surface area is 256 Å². The van der Waals surface area contributed by atoms with Gasteiger partial charge in [0.25, 0.3) is 0 Å². The van der Waals surface area contributed by atoms with Gasteiger partial charge in [-0.3, -0.25) is 9.59 Å². The van der Waals surface area contributed by atoms with Gasteiger partial charge in [0.05, 0.1) is 12.7 Å². The molecule has 0 bridgehead atoms. The molecule has 6 heteroatoms. The van der Waals surface area contributed by atoms with Crippen molar-refractivity contribution in [3.05, 3.63) is 60.8 Å². The Morgan fingerprint density at radius 3 is 2.17 bits per heavy atom. The molecule has 0 aromatic heterocycles. The van der Waals surface area contributed by atoms with Crippen LogP contribution in [0.1, 0.15) is 124 Å². The van der Waals surface area contributed by atoms with E-state index in [1.165, 1.54) is 32.1 Å². The number of rotatable bonds is 27. The molecule has 0 aliphatic heterocycles. The van der Waals surface area contributed by atoms with Crippen LogP contribution in [0.3, 0.4) is 0 Å². The number of carbonyl (C=O) groups excluding carboxylic acids is 2. The zero-order valence-corrected chi connectivity index (χ0v) is 26.8. The first-order chi connectivity index (χ1) is 20.4. The first-order valence-electron chi connectivity index (χ1n) is 16.3. The molecule has 0 saturated heterocycles. The Kier molecular flexibility index (Phi) is 28.3. The number of esters is 2. The molecular weight excluding hydrogens is 528 g/mol. The van der Waals surface area contributed by atoms with Crippen LogP contribution in [0.5, 0.6) is 0 Å². The van der Waals surface area contributed by atoms with Crippen molar-refractivity contribution in [3.63, 3.8) is 0 Å². The average Bonchev–Trinajstić information content (AvgIpc) is 2.98. The van der Waals surface area contributed by atoms with Gasteiger partial charge in [0.15, 0.2) is 6.10 Å². The van der Waals surface area contributed by atoms with E-state index in [4.69, 9.17) is 9.47 Å². The molecule has 0 radical (unpaired) electrons. The summed E-state index contributed by atoms with van der Waals surface area (Å²) in [6.45, 7) is 6.16. The van der Waals surface area contributed by atoms with Gasteiger partial charge >= 0.3 is 11.9 Å². The lowest BCUT2D eigenvalue weighted by Gasteiger charge is -2.15. The average molecular weight is 589 g/mol. The van der Waals surface area contributed by atoms with Crippen molar-refractivity contribution >= 4 is 11.9 Å². The predicted molar refractivity (Wildman–Crippen MR) is 174 cm³/mol. The molecule has 0 amide bonds. The third-order valence-corrected chi connectivity index (χ3v) is 6.95. The molecule has 0 rings (SSSR count). The first-order valence-corrected chi connectivity index (χ1v) is 16.3. The van der Waals surface area contributed by atoms with E-state index in [0.29, 0.717) is 19.3 Å². The normalized spacial score (nSPS) is 14.5. The minimum Gasteiger partial charge on any atom is -0.462 e. The van der Waals surface area contributed by atoms with E-state index in [0.717, 1.165) is 50.9 Å². The van der Waals surface area contributed by atoms with E-state index in [1.807, 2.05) is 36.5 Å². The number of hydrogen-bond donors (Lipinski definition) is 2. The lowest BCUT2D eigenvalue weighted by molar-refractivity contribution is -0.161. The number of hydrogen-bond acceptors (Lipinski definition) is 6. The third kappa shape index (κ3) is 27.7. The molecule has 0 aliphatic rings. The predicted octanol–water partition coefficient (Wildman–Crippen LogP) is 8.49. The summed E-state index contributed by atoms with van der Waals surface area (Å²) in [6, 6.07) is 0. The van der Waals surface area contributed by atoms with Crippen LogP contribution < -0.4 is 0 Å². The lowest BCUT2D eigenvalue weighted by Crippen LogP contribution is -2.28. The standard InChI is InChI=1S/C36H60O6/c1-4-6-7-8-16-21-26-33(38)27-22-17-11-9-10-12-18-23-28-35(39)41-31-34(30-37)42-36(40)29-24-19-14-13-15-20-25-32(3)5-2/h6-7,10-12,16-17,21-22,27,32-34,37-38H,4-5,8-9,13-15,18-20,23-26,28-31H2,1-3H3/b7-6-,12-10-,17-11-,21-16-,27-22+/t32?,33?,34-/m0/s1. The molecule has 0 aromatic carbocycles. The Hall–Kier alpha value is -2.44. The molecular formula is C36H60O6. The molecule has 240 valence electrons. The molecule has 6 nitrogen and oxygen atoms in total. The maximum Gasteiger partial charge on any atom is 0.306 e. The first kappa shape index (κ1) is 39.6. The zero-order chi connectivity index (χ0) is 31.1. The van der Waals surface area contributed by atoms with Crippen LogP contribution in [0, 0.1) is 5.92 Å². The van der Waals surface area contributed by atoms with Crippen LogP contribution in [-0.2, 0) is 19.1 Å². The highest BCUT2D eigenvalue weighted by molar-refractivity contribution is 5.70. The minimum atomic E-state index is -0.812. The molecule has 42 heavy (non-hydrogen) atoms. The minimum absolute atomic E-state index is 0.118. The summed E-state index contributed by atoms with van der Waals surface area (Å²) in [5.41, 5.74) is 0. The SMILES string of the molecule is CC/C=C\C/C=C\CC(O)/C=C/C=C\C/C=C\CCCC(=O)OC[C@H](CO)OC(=O)CCCCCCCCC(C)CC. The van der Waals surface area contributed by atoms with Gasteiger partial charge in [-0.05, 0) is 50.9 Å². The highest BCUT2D eigenvalue weighted by Crippen LogP contribution is 2.15. The van der Waals surface area contributed by atoms with Crippen LogP contribution in [0.2, 0.25) is 0 Å². The second kappa shape index (κ2) is 30.0. The summed E-state index contributed by atoms with van der Waals surface area (Å²) < 4.78 is 10.5. The van der Waals surface area contributed by atoms with Crippen LogP contribution in [0.4, 0.5) is 0 Å².